The standard InChI is InChI=1S/C25H25NO4S/c27-31(28,24-12-6-11-20-13-14-30-25(20)24)26-16-21-9-4-5-10-22(21)17-29-18-23(26)15-19-7-2-1-3-8-19/h1-12,23H,13-18H2. The first-order chi connectivity index (χ1) is 15.1. The molecule has 2 aliphatic heterocycles. The number of hydrogen-bond acceptors (Lipinski definition) is 4. The Hall–Kier alpha value is -2.67. The highest BCUT2D eigenvalue weighted by atomic mass is 32.2. The summed E-state index contributed by atoms with van der Waals surface area (Å²) in [6.07, 6.45) is 1.32. The molecule has 6 heteroatoms. The normalized spacial score (nSPS) is 19.0. The molecular weight excluding hydrogens is 410 g/mol. The van der Waals surface area contributed by atoms with E-state index in [1.54, 1.807) is 16.4 Å². The molecule has 0 aliphatic carbocycles. The minimum Gasteiger partial charge on any atom is -0.492 e. The Morgan fingerprint density at radius 2 is 1.61 bits per heavy atom. The lowest BCUT2D eigenvalue weighted by Crippen LogP contribution is -2.45. The van der Waals surface area contributed by atoms with Crippen LogP contribution in [0.5, 0.6) is 5.75 Å². The van der Waals surface area contributed by atoms with Gasteiger partial charge in [0, 0.05) is 13.0 Å². The number of sulfonamides is 1. The van der Waals surface area contributed by atoms with Crippen molar-refractivity contribution in [2.24, 2.45) is 0 Å². The van der Waals surface area contributed by atoms with Crippen molar-refractivity contribution >= 4 is 10.0 Å². The summed E-state index contributed by atoms with van der Waals surface area (Å²) >= 11 is 0. The van der Waals surface area contributed by atoms with Crippen molar-refractivity contribution in [3.8, 4) is 5.75 Å². The van der Waals surface area contributed by atoms with Gasteiger partial charge < -0.3 is 9.47 Å². The molecule has 5 rings (SSSR count). The largest absolute Gasteiger partial charge is 0.492 e. The van der Waals surface area contributed by atoms with Gasteiger partial charge in [0.25, 0.3) is 0 Å². The van der Waals surface area contributed by atoms with Gasteiger partial charge in [-0.25, -0.2) is 8.42 Å². The van der Waals surface area contributed by atoms with Gasteiger partial charge in [0.15, 0.2) is 0 Å². The SMILES string of the molecule is O=S(=O)(c1cccc2c1OCC2)N1Cc2ccccc2COCC1Cc1ccccc1. The summed E-state index contributed by atoms with van der Waals surface area (Å²) in [5, 5.41) is 0. The van der Waals surface area contributed by atoms with Gasteiger partial charge in [-0.3, -0.25) is 0 Å². The summed E-state index contributed by atoms with van der Waals surface area (Å²) in [4.78, 5) is 0.249. The van der Waals surface area contributed by atoms with Crippen molar-refractivity contribution < 1.29 is 17.9 Å². The van der Waals surface area contributed by atoms with E-state index in [9.17, 15) is 8.42 Å². The van der Waals surface area contributed by atoms with Gasteiger partial charge in [0.2, 0.25) is 10.0 Å². The highest BCUT2D eigenvalue weighted by Crippen LogP contribution is 2.36. The van der Waals surface area contributed by atoms with Crippen LogP contribution < -0.4 is 4.74 Å². The summed E-state index contributed by atoms with van der Waals surface area (Å²) in [7, 11) is -3.81. The van der Waals surface area contributed by atoms with Crippen molar-refractivity contribution in [2.45, 2.75) is 36.9 Å². The Morgan fingerprint density at radius 3 is 2.45 bits per heavy atom. The number of para-hydroxylation sites is 1. The minimum atomic E-state index is -3.81. The Balaban J connectivity index is 1.59. The lowest BCUT2D eigenvalue weighted by Gasteiger charge is -2.34. The van der Waals surface area contributed by atoms with E-state index < -0.39 is 10.0 Å². The molecule has 0 spiro atoms. The van der Waals surface area contributed by atoms with Gasteiger partial charge in [-0.05, 0) is 34.7 Å². The van der Waals surface area contributed by atoms with Crippen LogP contribution in [0.3, 0.4) is 0 Å². The van der Waals surface area contributed by atoms with Crippen molar-refractivity contribution in [1.82, 2.24) is 4.31 Å². The van der Waals surface area contributed by atoms with Crippen LogP contribution in [-0.4, -0.2) is 32.0 Å². The second-order valence-corrected chi connectivity index (χ2v) is 9.88. The summed E-state index contributed by atoms with van der Waals surface area (Å²) in [5.41, 5.74) is 4.02. The van der Waals surface area contributed by atoms with Gasteiger partial charge in [-0.1, -0.05) is 66.7 Å². The zero-order valence-corrected chi connectivity index (χ0v) is 18.1. The monoisotopic (exact) mass is 435 g/mol. The minimum absolute atomic E-state index is 0.249. The fraction of sp³-hybridized carbons (Fsp3) is 0.280. The van der Waals surface area contributed by atoms with E-state index in [-0.39, 0.29) is 10.9 Å². The molecular formula is C25H25NO4S. The fourth-order valence-electron chi connectivity index (χ4n) is 4.38. The molecule has 0 bridgehead atoms. The Morgan fingerprint density at radius 1 is 0.871 bits per heavy atom. The van der Waals surface area contributed by atoms with Crippen LogP contribution in [0.25, 0.3) is 0 Å². The molecule has 0 aromatic heterocycles. The molecule has 0 N–H and O–H groups in total. The molecule has 1 unspecified atom stereocenters. The zero-order chi connectivity index (χ0) is 21.3. The van der Waals surface area contributed by atoms with E-state index in [0.717, 1.165) is 28.7 Å². The molecule has 0 fully saturated rings. The van der Waals surface area contributed by atoms with Crippen LogP contribution in [-0.2, 0) is 40.8 Å². The van der Waals surface area contributed by atoms with Gasteiger partial charge in [-0.2, -0.15) is 4.31 Å². The average molecular weight is 436 g/mol. The first-order valence-corrected chi connectivity index (χ1v) is 12.0. The first-order valence-electron chi connectivity index (χ1n) is 10.6. The summed E-state index contributed by atoms with van der Waals surface area (Å²) < 4.78 is 41.4. The number of hydrogen-bond donors (Lipinski definition) is 0. The molecule has 3 aromatic carbocycles. The first kappa shape index (κ1) is 20.2. The molecule has 0 saturated heterocycles. The Labute approximate surface area is 183 Å². The van der Waals surface area contributed by atoms with Crippen LogP contribution in [0.2, 0.25) is 0 Å². The van der Waals surface area contributed by atoms with Gasteiger partial charge in [0.1, 0.15) is 10.6 Å². The van der Waals surface area contributed by atoms with Crippen LogP contribution >= 0.6 is 0 Å². The molecule has 0 radical (unpaired) electrons. The molecule has 1 atom stereocenters. The number of benzene rings is 3. The Bertz CT molecular complexity index is 1180. The molecule has 0 amide bonds. The molecule has 2 aliphatic rings. The molecule has 5 nitrogen and oxygen atoms in total. The third kappa shape index (κ3) is 3.99. The van der Waals surface area contributed by atoms with Gasteiger partial charge in [-0.15, -0.1) is 0 Å². The predicted molar refractivity (Wildman–Crippen MR) is 118 cm³/mol. The lowest BCUT2D eigenvalue weighted by atomic mass is 10.0. The van der Waals surface area contributed by atoms with Crippen LogP contribution in [0.1, 0.15) is 22.3 Å². The second kappa shape index (κ2) is 8.46. The maximum absolute atomic E-state index is 14.0. The van der Waals surface area contributed by atoms with Crippen LogP contribution in [0.15, 0.2) is 77.7 Å². The van der Waals surface area contributed by atoms with E-state index in [0.29, 0.717) is 38.5 Å². The number of fused-ring (bicyclic) bond motifs is 2. The number of nitrogens with zero attached hydrogens (tertiary/aromatic N) is 1. The smallest absolute Gasteiger partial charge is 0.247 e. The van der Waals surface area contributed by atoms with Crippen molar-refractivity contribution in [2.75, 3.05) is 13.2 Å². The number of rotatable bonds is 4. The highest BCUT2D eigenvalue weighted by molar-refractivity contribution is 7.89. The average Bonchev–Trinajstić information content (AvgIpc) is 3.25. The third-order valence-corrected chi connectivity index (χ3v) is 7.92. The topological polar surface area (TPSA) is 55.8 Å². The maximum atomic E-state index is 14.0. The van der Waals surface area contributed by atoms with E-state index in [4.69, 9.17) is 9.47 Å². The zero-order valence-electron chi connectivity index (χ0n) is 17.2. The lowest BCUT2D eigenvalue weighted by molar-refractivity contribution is 0.0673. The summed E-state index contributed by atoms with van der Waals surface area (Å²) in [6, 6.07) is 23.0. The van der Waals surface area contributed by atoms with E-state index >= 15 is 0 Å². The van der Waals surface area contributed by atoms with Crippen molar-refractivity contribution in [1.29, 1.82) is 0 Å². The maximum Gasteiger partial charge on any atom is 0.247 e. The highest BCUT2D eigenvalue weighted by Gasteiger charge is 2.36. The Kier molecular flexibility index (Phi) is 5.52. The fourth-order valence-corrected chi connectivity index (χ4v) is 6.14. The van der Waals surface area contributed by atoms with Crippen LogP contribution in [0.4, 0.5) is 0 Å². The molecule has 160 valence electrons. The summed E-state index contributed by atoms with van der Waals surface area (Å²) in [5.74, 6) is 0.497. The van der Waals surface area contributed by atoms with Crippen molar-refractivity contribution in [3.63, 3.8) is 0 Å². The molecule has 31 heavy (non-hydrogen) atoms. The number of ether oxygens (including phenoxy) is 2. The van der Waals surface area contributed by atoms with Crippen LogP contribution in [0, 0.1) is 0 Å². The second-order valence-electron chi connectivity index (χ2n) is 8.02. The quantitative estimate of drug-likeness (QED) is 0.623. The predicted octanol–water partition coefficient (Wildman–Crippen LogP) is 3.95. The van der Waals surface area contributed by atoms with Gasteiger partial charge in [0.05, 0.1) is 25.9 Å². The summed E-state index contributed by atoms with van der Waals surface area (Å²) in [6.45, 7) is 1.64. The van der Waals surface area contributed by atoms with Crippen molar-refractivity contribution in [3.05, 3.63) is 95.1 Å². The molecule has 0 saturated carbocycles. The van der Waals surface area contributed by atoms with Gasteiger partial charge >= 0.3 is 0 Å². The molecule has 3 aromatic rings. The van der Waals surface area contributed by atoms with E-state index in [1.807, 2.05) is 60.7 Å². The third-order valence-electron chi connectivity index (χ3n) is 6.00. The van der Waals surface area contributed by atoms with E-state index in [1.165, 1.54) is 0 Å². The molecule has 2 heterocycles. The van der Waals surface area contributed by atoms with E-state index in [2.05, 4.69) is 0 Å².